The third-order valence-electron chi connectivity index (χ3n) is 4.36. The molecule has 1 heterocycles. The van der Waals surface area contributed by atoms with Gasteiger partial charge in [0, 0.05) is 6.54 Å². The summed E-state index contributed by atoms with van der Waals surface area (Å²) in [5.74, 6) is 0.0377. The summed E-state index contributed by atoms with van der Waals surface area (Å²) in [5.41, 5.74) is 9.61. The average molecular weight is 309 g/mol. The molecule has 2 aromatic rings. The van der Waals surface area contributed by atoms with Gasteiger partial charge in [-0.3, -0.25) is 9.69 Å². The second-order valence-electron chi connectivity index (χ2n) is 6.19. The van der Waals surface area contributed by atoms with Gasteiger partial charge in [-0.25, -0.2) is 0 Å². The van der Waals surface area contributed by atoms with E-state index >= 15 is 0 Å². The summed E-state index contributed by atoms with van der Waals surface area (Å²) in [5, 5.41) is 3.00. The van der Waals surface area contributed by atoms with Gasteiger partial charge in [-0.1, -0.05) is 36.4 Å². The molecule has 0 aromatic heterocycles. The van der Waals surface area contributed by atoms with Crippen LogP contribution in [0, 0.1) is 6.92 Å². The maximum absolute atomic E-state index is 12.7. The van der Waals surface area contributed by atoms with E-state index in [1.54, 1.807) is 0 Å². The molecule has 3 N–H and O–H groups in total. The Morgan fingerprint density at radius 1 is 1.26 bits per heavy atom. The highest BCUT2D eigenvalue weighted by molar-refractivity contribution is 5.97. The van der Waals surface area contributed by atoms with E-state index in [1.165, 1.54) is 5.56 Å². The molecule has 1 saturated heterocycles. The van der Waals surface area contributed by atoms with E-state index in [0.29, 0.717) is 11.4 Å². The number of carbonyl (C=O) groups is 1. The van der Waals surface area contributed by atoms with Gasteiger partial charge in [-0.15, -0.1) is 0 Å². The summed E-state index contributed by atoms with van der Waals surface area (Å²) >= 11 is 0. The van der Waals surface area contributed by atoms with Gasteiger partial charge in [0.15, 0.2) is 0 Å². The largest absolute Gasteiger partial charge is 0.397 e. The predicted molar refractivity (Wildman–Crippen MR) is 94.1 cm³/mol. The second kappa shape index (κ2) is 6.84. The normalized spacial score (nSPS) is 18.0. The summed E-state index contributed by atoms with van der Waals surface area (Å²) in [4.78, 5) is 14.9. The van der Waals surface area contributed by atoms with Crippen molar-refractivity contribution in [2.45, 2.75) is 32.4 Å². The molecule has 0 bridgehead atoms. The van der Waals surface area contributed by atoms with Crippen LogP contribution in [-0.2, 0) is 11.3 Å². The number of hydrogen-bond acceptors (Lipinski definition) is 3. The first-order chi connectivity index (χ1) is 11.1. The van der Waals surface area contributed by atoms with E-state index in [2.05, 4.69) is 22.3 Å². The number of aryl methyl sites for hydroxylation is 1. The molecule has 0 saturated carbocycles. The van der Waals surface area contributed by atoms with Gasteiger partial charge in [0.25, 0.3) is 0 Å². The number of nitrogen functional groups attached to an aromatic ring is 1. The first-order valence-electron chi connectivity index (χ1n) is 8.08. The number of anilines is 2. The molecule has 23 heavy (non-hydrogen) atoms. The summed E-state index contributed by atoms with van der Waals surface area (Å²) in [6.45, 7) is 3.75. The molecule has 4 nitrogen and oxygen atoms in total. The smallest absolute Gasteiger partial charge is 0.241 e. The SMILES string of the molecule is Cc1ccc(N)c(NC(=O)[C@@H]2CCCN2Cc2ccccc2)c1. The first-order valence-corrected chi connectivity index (χ1v) is 8.08. The average Bonchev–Trinajstić information content (AvgIpc) is 3.00. The van der Waals surface area contributed by atoms with E-state index in [9.17, 15) is 4.79 Å². The minimum absolute atomic E-state index is 0.0377. The van der Waals surface area contributed by atoms with Crippen LogP contribution in [0.3, 0.4) is 0 Å². The number of benzene rings is 2. The van der Waals surface area contributed by atoms with E-state index in [0.717, 1.165) is 31.5 Å². The van der Waals surface area contributed by atoms with Crippen molar-refractivity contribution in [2.24, 2.45) is 0 Å². The summed E-state index contributed by atoms with van der Waals surface area (Å²) in [6.07, 6.45) is 1.94. The highest BCUT2D eigenvalue weighted by atomic mass is 16.2. The number of rotatable bonds is 4. The fourth-order valence-corrected chi connectivity index (χ4v) is 3.12. The zero-order valence-electron chi connectivity index (χ0n) is 13.5. The molecule has 3 rings (SSSR count). The second-order valence-corrected chi connectivity index (χ2v) is 6.19. The predicted octanol–water partition coefficient (Wildman–Crippen LogP) is 3.18. The van der Waals surface area contributed by atoms with Crippen molar-refractivity contribution in [3.8, 4) is 0 Å². The third kappa shape index (κ3) is 3.71. The molecule has 2 aromatic carbocycles. The van der Waals surface area contributed by atoms with Crippen LogP contribution in [0.4, 0.5) is 11.4 Å². The van der Waals surface area contributed by atoms with Crippen molar-refractivity contribution in [2.75, 3.05) is 17.6 Å². The molecule has 1 atom stereocenters. The summed E-state index contributed by atoms with van der Waals surface area (Å²) in [7, 11) is 0. The maximum Gasteiger partial charge on any atom is 0.241 e. The van der Waals surface area contributed by atoms with Gasteiger partial charge >= 0.3 is 0 Å². The Kier molecular flexibility index (Phi) is 4.63. The van der Waals surface area contributed by atoms with Gasteiger partial charge in [0.1, 0.15) is 0 Å². The van der Waals surface area contributed by atoms with Gasteiger partial charge in [0.05, 0.1) is 17.4 Å². The molecular weight excluding hydrogens is 286 g/mol. The monoisotopic (exact) mass is 309 g/mol. The zero-order chi connectivity index (χ0) is 16.2. The van der Waals surface area contributed by atoms with Crippen molar-refractivity contribution in [3.05, 3.63) is 59.7 Å². The van der Waals surface area contributed by atoms with Crippen LogP contribution in [0.15, 0.2) is 48.5 Å². The minimum atomic E-state index is -0.0879. The lowest BCUT2D eigenvalue weighted by molar-refractivity contribution is -0.120. The number of nitrogens with one attached hydrogen (secondary N) is 1. The molecule has 0 unspecified atom stereocenters. The third-order valence-corrected chi connectivity index (χ3v) is 4.36. The number of hydrogen-bond donors (Lipinski definition) is 2. The summed E-state index contributed by atoms with van der Waals surface area (Å²) in [6, 6.07) is 15.9. The maximum atomic E-state index is 12.7. The zero-order valence-corrected chi connectivity index (χ0v) is 13.5. The fraction of sp³-hybridized carbons (Fsp3) is 0.316. The Bertz CT molecular complexity index is 684. The number of likely N-dealkylation sites (tertiary alicyclic amines) is 1. The van der Waals surface area contributed by atoms with E-state index in [1.807, 2.05) is 43.3 Å². The molecule has 0 aliphatic carbocycles. The van der Waals surface area contributed by atoms with Crippen LogP contribution in [0.25, 0.3) is 0 Å². The van der Waals surface area contributed by atoms with E-state index in [-0.39, 0.29) is 11.9 Å². The number of nitrogens with zero attached hydrogens (tertiary/aromatic N) is 1. The van der Waals surface area contributed by atoms with Crippen LogP contribution < -0.4 is 11.1 Å². The van der Waals surface area contributed by atoms with Crippen molar-refractivity contribution in [1.29, 1.82) is 0 Å². The van der Waals surface area contributed by atoms with Gasteiger partial charge in [-0.2, -0.15) is 0 Å². The Balaban J connectivity index is 1.69. The molecule has 4 heteroatoms. The Labute approximate surface area is 137 Å². The van der Waals surface area contributed by atoms with Crippen LogP contribution in [-0.4, -0.2) is 23.4 Å². The molecule has 0 radical (unpaired) electrons. The topological polar surface area (TPSA) is 58.4 Å². The standard InChI is InChI=1S/C19H23N3O/c1-14-9-10-16(20)17(12-14)21-19(23)18-8-5-11-22(18)13-15-6-3-2-4-7-15/h2-4,6-7,9-10,12,18H,5,8,11,13,20H2,1H3,(H,21,23)/t18-/m0/s1. The lowest BCUT2D eigenvalue weighted by Gasteiger charge is -2.24. The lowest BCUT2D eigenvalue weighted by Crippen LogP contribution is -2.39. The number of nitrogens with two attached hydrogens (primary N) is 1. The van der Waals surface area contributed by atoms with E-state index in [4.69, 9.17) is 5.73 Å². The van der Waals surface area contributed by atoms with E-state index < -0.39 is 0 Å². The van der Waals surface area contributed by atoms with Crippen LogP contribution >= 0.6 is 0 Å². The molecule has 0 spiro atoms. The fourth-order valence-electron chi connectivity index (χ4n) is 3.12. The van der Waals surface area contributed by atoms with Crippen LogP contribution in [0.1, 0.15) is 24.0 Å². The molecule has 1 amide bonds. The Hall–Kier alpha value is -2.33. The quantitative estimate of drug-likeness (QED) is 0.853. The Morgan fingerprint density at radius 3 is 2.83 bits per heavy atom. The number of amides is 1. The van der Waals surface area contributed by atoms with Crippen molar-refractivity contribution >= 4 is 17.3 Å². The lowest BCUT2D eigenvalue weighted by atomic mass is 10.1. The van der Waals surface area contributed by atoms with Gasteiger partial charge in [-0.05, 0) is 49.6 Å². The van der Waals surface area contributed by atoms with Crippen molar-refractivity contribution < 1.29 is 4.79 Å². The highest BCUT2D eigenvalue weighted by Gasteiger charge is 2.30. The number of carbonyl (C=O) groups excluding carboxylic acids is 1. The molecule has 1 aliphatic rings. The molecule has 120 valence electrons. The first kappa shape index (κ1) is 15.6. The van der Waals surface area contributed by atoms with Crippen molar-refractivity contribution in [3.63, 3.8) is 0 Å². The highest BCUT2D eigenvalue weighted by Crippen LogP contribution is 2.24. The molecule has 1 aliphatic heterocycles. The van der Waals surface area contributed by atoms with Gasteiger partial charge < -0.3 is 11.1 Å². The van der Waals surface area contributed by atoms with Crippen LogP contribution in [0.2, 0.25) is 0 Å². The molecule has 1 fully saturated rings. The summed E-state index contributed by atoms with van der Waals surface area (Å²) < 4.78 is 0. The van der Waals surface area contributed by atoms with Crippen molar-refractivity contribution in [1.82, 2.24) is 4.90 Å². The molecular formula is C19H23N3O. The Morgan fingerprint density at radius 2 is 2.04 bits per heavy atom. The minimum Gasteiger partial charge on any atom is -0.397 e. The van der Waals surface area contributed by atoms with Crippen LogP contribution in [0.5, 0.6) is 0 Å². The van der Waals surface area contributed by atoms with Gasteiger partial charge in [0.2, 0.25) is 5.91 Å².